The molecule has 22 heavy (non-hydrogen) atoms. The zero-order chi connectivity index (χ0) is 14.9. The second-order valence-corrected chi connectivity index (χ2v) is 5.30. The highest BCUT2D eigenvalue weighted by Gasteiger charge is 2.19. The molecule has 3 N–H and O–H groups in total. The predicted molar refractivity (Wildman–Crippen MR) is 85.7 cm³/mol. The number of pyridine rings is 2. The molecule has 0 bridgehead atoms. The van der Waals surface area contributed by atoms with Crippen LogP contribution in [-0.4, -0.2) is 45.8 Å². The smallest absolute Gasteiger partial charge is 0.233 e. The van der Waals surface area contributed by atoms with Gasteiger partial charge in [-0.05, 0) is 18.2 Å². The van der Waals surface area contributed by atoms with Crippen LogP contribution in [0.15, 0.2) is 36.7 Å². The first kappa shape index (κ1) is 13.0. The summed E-state index contributed by atoms with van der Waals surface area (Å²) in [6.45, 7) is 3.68. The van der Waals surface area contributed by atoms with Crippen LogP contribution < -0.4 is 16.0 Å². The summed E-state index contributed by atoms with van der Waals surface area (Å²) in [6.07, 6.45) is 3.57. The molecule has 3 aromatic rings. The van der Waals surface area contributed by atoms with Gasteiger partial charge in [0.1, 0.15) is 5.82 Å². The Labute approximate surface area is 127 Å². The number of nitrogens with zero attached hydrogens (tertiary/aromatic N) is 5. The first-order valence-electron chi connectivity index (χ1n) is 7.34. The van der Waals surface area contributed by atoms with E-state index in [-0.39, 0.29) is 0 Å². The molecule has 1 aliphatic heterocycles. The number of anilines is 2. The standard InChI is InChI=1S/C15H17N7/c16-14-12(11-2-1-5-18-10-11)3-4-13-19-20-15(22(13)14)21-8-6-17-7-9-21/h1-5,10,17H,6-9,16H2. The minimum Gasteiger partial charge on any atom is -0.384 e. The Morgan fingerprint density at radius 3 is 2.73 bits per heavy atom. The number of aromatic nitrogens is 4. The second kappa shape index (κ2) is 5.27. The zero-order valence-electron chi connectivity index (χ0n) is 12.1. The molecule has 112 valence electrons. The van der Waals surface area contributed by atoms with E-state index in [4.69, 9.17) is 5.73 Å². The topological polar surface area (TPSA) is 84.4 Å². The molecule has 1 aliphatic rings. The van der Waals surface area contributed by atoms with E-state index < -0.39 is 0 Å². The Morgan fingerprint density at radius 2 is 1.95 bits per heavy atom. The van der Waals surface area contributed by atoms with E-state index in [1.807, 2.05) is 34.9 Å². The Balaban J connectivity index is 1.86. The summed E-state index contributed by atoms with van der Waals surface area (Å²) >= 11 is 0. The largest absolute Gasteiger partial charge is 0.384 e. The lowest BCUT2D eigenvalue weighted by atomic mass is 10.1. The van der Waals surface area contributed by atoms with Gasteiger partial charge in [0.15, 0.2) is 5.65 Å². The SMILES string of the molecule is Nc1c(-c2cccnc2)ccc2nnc(N3CCNCC3)n12. The fourth-order valence-electron chi connectivity index (χ4n) is 2.83. The van der Waals surface area contributed by atoms with Crippen LogP contribution in [0.5, 0.6) is 0 Å². The molecule has 4 rings (SSSR count). The van der Waals surface area contributed by atoms with E-state index in [1.165, 1.54) is 0 Å². The van der Waals surface area contributed by atoms with E-state index >= 15 is 0 Å². The molecular formula is C15H17N7. The number of nitrogen functional groups attached to an aromatic ring is 1. The van der Waals surface area contributed by atoms with E-state index in [2.05, 4.69) is 25.4 Å². The maximum absolute atomic E-state index is 6.42. The number of fused-ring (bicyclic) bond motifs is 1. The maximum Gasteiger partial charge on any atom is 0.233 e. The summed E-state index contributed by atoms with van der Waals surface area (Å²) in [4.78, 5) is 6.38. The van der Waals surface area contributed by atoms with Crippen molar-refractivity contribution in [3.8, 4) is 11.1 Å². The van der Waals surface area contributed by atoms with Gasteiger partial charge in [-0.1, -0.05) is 6.07 Å². The van der Waals surface area contributed by atoms with Crippen molar-refractivity contribution < 1.29 is 0 Å². The van der Waals surface area contributed by atoms with Gasteiger partial charge in [0.25, 0.3) is 0 Å². The molecule has 4 heterocycles. The number of nitrogens with two attached hydrogens (primary N) is 1. The van der Waals surface area contributed by atoms with Gasteiger partial charge < -0.3 is 16.0 Å². The van der Waals surface area contributed by atoms with Crippen molar-refractivity contribution in [3.63, 3.8) is 0 Å². The van der Waals surface area contributed by atoms with Crippen LogP contribution in [-0.2, 0) is 0 Å². The fourth-order valence-corrected chi connectivity index (χ4v) is 2.83. The highest BCUT2D eigenvalue weighted by molar-refractivity contribution is 5.77. The number of rotatable bonds is 2. The number of piperazine rings is 1. The van der Waals surface area contributed by atoms with Gasteiger partial charge >= 0.3 is 0 Å². The fraction of sp³-hybridized carbons (Fsp3) is 0.267. The highest BCUT2D eigenvalue weighted by Crippen LogP contribution is 2.28. The average Bonchev–Trinajstić information content (AvgIpc) is 3.02. The Hall–Kier alpha value is -2.67. The molecule has 0 aromatic carbocycles. The molecule has 1 fully saturated rings. The lowest BCUT2D eigenvalue weighted by Crippen LogP contribution is -2.44. The molecule has 0 saturated carbocycles. The minimum absolute atomic E-state index is 0.643. The van der Waals surface area contributed by atoms with Crippen LogP contribution >= 0.6 is 0 Å². The van der Waals surface area contributed by atoms with Crippen molar-refractivity contribution in [3.05, 3.63) is 36.7 Å². The van der Waals surface area contributed by atoms with Crippen LogP contribution in [0.25, 0.3) is 16.8 Å². The van der Waals surface area contributed by atoms with Crippen molar-refractivity contribution >= 4 is 17.4 Å². The summed E-state index contributed by atoms with van der Waals surface area (Å²) in [5, 5.41) is 11.9. The monoisotopic (exact) mass is 295 g/mol. The molecule has 0 atom stereocenters. The summed E-state index contributed by atoms with van der Waals surface area (Å²) in [7, 11) is 0. The van der Waals surface area contributed by atoms with Gasteiger partial charge in [-0.3, -0.25) is 4.98 Å². The first-order chi connectivity index (χ1) is 10.8. The average molecular weight is 295 g/mol. The van der Waals surface area contributed by atoms with Gasteiger partial charge in [-0.25, -0.2) is 4.40 Å². The van der Waals surface area contributed by atoms with Crippen molar-refractivity contribution in [2.75, 3.05) is 36.8 Å². The van der Waals surface area contributed by atoms with E-state index in [1.54, 1.807) is 6.20 Å². The van der Waals surface area contributed by atoms with Crippen LogP contribution in [0.4, 0.5) is 11.8 Å². The van der Waals surface area contributed by atoms with Crippen LogP contribution in [0.2, 0.25) is 0 Å². The maximum atomic E-state index is 6.42. The third-order valence-corrected chi connectivity index (χ3v) is 3.96. The van der Waals surface area contributed by atoms with Crippen LogP contribution in [0.3, 0.4) is 0 Å². The first-order valence-corrected chi connectivity index (χ1v) is 7.34. The normalized spacial score (nSPS) is 15.4. The summed E-state index contributed by atoms with van der Waals surface area (Å²) in [6, 6.07) is 7.82. The van der Waals surface area contributed by atoms with Crippen molar-refractivity contribution in [1.82, 2.24) is 24.9 Å². The van der Waals surface area contributed by atoms with Crippen LogP contribution in [0.1, 0.15) is 0 Å². The lowest BCUT2D eigenvalue weighted by Gasteiger charge is -2.27. The molecular weight excluding hydrogens is 278 g/mol. The highest BCUT2D eigenvalue weighted by atomic mass is 15.4. The second-order valence-electron chi connectivity index (χ2n) is 5.30. The molecule has 1 saturated heterocycles. The molecule has 0 unspecified atom stereocenters. The Morgan fingerprint density at radius 1 is 1.09 bits per heavy atom. The predicted octanol–water partition coefficient (Wildman–Crippen LogP) is 0.783. The van der Waals surface area contributed by atoms with E-state index in [0.717, 1.165) is 48.9 Å². The summed E-state index contributed by atoms with van der Waals surface area (Å²) < 4.78 is 1.92. The Bertz CT molecular complexity index is 790. The molecule has 7 nitrogen and oxygen atoms in total. The minimum atomic E-state index is 0.643. The van der Waals surface area contributed by atoms with Crippen molar-refractivity contribution in [1.29, 1.82) is 0 Å². The number of nitrogens with one attached hydrogen (secondary N) is 1. The molecule has 0 aliphatic carbocycles. The lowest BCUT2D eigenvalue weighted by molar-refractivity contribution is 0.578. The van der Waals surface area contributed by atoms with E-state index in [9.17, 15) is 0 Å². The van der Waals surface area contributed by atoms with Crippen molar-refractivity contribution in [2.24, 2.45) is 0 Å². The van der Waals surface area contributed by atoms with Gasteiger partial charge in [0.05, 0.1) is 0 Å². The van der Waals surface area contributed by atoms with Gasteiger partial charge in [0, 0.05) is 49.7 Å². The summed E-state index contributed by atoms with van der Waals surface area (Å²) in [5.74, 6) is 1.45. The number of hydrogen-bond acceptors (Lipinski definition) is 6. The summed E-state index contributed by atoms with van der Waals surface area (Å²) in [5.41, 5.74) is 9.11. The van der Waals surface area contributed by atoms with Gasteiger partial charge in [-0.2, -0.15) is 0 Å². The van der Waals surface area contributed by atoms with E-state index in [0.29, 0.717) is 5.82 Å². The Kier molecular flexibility index (Phi) is 3.12. The number of hydrogen-bond donors (Lipinski definition) is 2. The zero-order valence-corrected chi connectivity index (χ0v) is 12.1. The third-order valence-electron chi connectivity index (χ3n) is 3.96. The third kappa shape index (κ3) is 2.06. The van der Waals surface area contributed by atoms with Crippen LogP contribution in [0, 0.1) is 0 Å². The molecule has 7 heteroatoms. The van der Waals surface area contributed by atoms with Crippen molar-refractivity contribution in [2.45, 2.75) is 0 Å². The quantitative estimate of drug-likeness (QED) is 0.727. The van der Waals surface area contributed by atoms with Gasteiger partial charge in [-0.15, -0.1) is 10.2 Å². The molecule has 3 aromatic heterocycles. The molecule has 0 spiro atoms. The van der Waals surface area contributed by atoms with Gasteiger partial charge in [0.2, 0.25) is 5.95 Å². The molecule has 0 radical (unpaired) electrons. The molecule has 0 amide bonds.